The smallest absolute Gasteiger partial charge is 0.232 e. The van der Waals surface area contributed by atoms with Crippen LogP contribution in [0.5, 0.6) is 0 Å². The molecule has 0 unspecified atom stereocenters. The molecule has 0 atom stereocenters. The van der Waals surface area contributed by atoms with Crippen LogP contribution in [-0.4, -0.2) is 4.98 Å². The molecule has 0 aliphatic rings. The Morgan fingerprint density at radius 2 is 2.05 bits per heavy atom. The highest BCUT2D eigenvalue weighted by Crippen LogP contribution is 2.20. The highest BCUT2D eigenvalue weighted by atomic mass is 32.1. The van der Waals surface area contributed by atoms with Gasteiger partial charge in [-0.1, -0.05) is 36.4 Å². The summed E-state index contributed by atoms with van der Waals surface area (Å²) in [5, 5.41) is 14.3. The number of aromatic nitrogens is 1. The second kappa shape index (κ2) is 6.74. The van der Waals surface area contributed by atoms with Gasteiger partial charge >= 0.3 is 0 Å². The Hall–Kier alpha value is -2.84. The number of oxazole rings is 1. The summed E-state index contributed by atoms with van der Waals surface area (Å²) < 4.78 is 5.60. The Balaban J connectivity index is 1.73. The number of thiophene rings is 1. The second-order valence-corrected chi connectivity index (χ2v) is 5.51. The van der Waals surface area contributed by atoms with Crippen LogP contribution in [0.2, 0.25) is 0 Å². The molecule has 3 rings (SSSR count). The van der Waals surface area contributed by atoms with E-state index in [1.165, 1.54) is 0 Å². The SMILES string of the molecule is N#Cc1nc(C=Cc2cccs2)oc1NCc1ccccc1. The van der Waals surface area contributed by atoms with Crippen molar-refractivity contribution >= 4 is 29.4 Å². The normalized spacial score (nSPS) is 10.7. The predicted molar refractivity (Wildman–Crippen MR) is 88.2 cm³/mol. The third-order valence-electron chi connectivity index (χ3n) is 2.98. The third-order valence-corrected chi connectivity index (χ3v) is 3.82. The molecule has 0 saturated heterocycles. The molecule has 5 heteroatoms. The van der Waals surface area contributed by atoms with Gasteiger partial charge in [-0.2, -0.15) is 10.2 Å². The van der Waals surface area contributed by atoms with Crippen LogP contribution >= 0.6 is 11.3 Å². The van der Waals surface area contributed by atoms with Crippen molar-refractivity contribution in [3.05, 3.63) is 69.9 Å². The van der Waals surface area contributed by atoms with Crippen molar-refractivity contribution in [3.8, 4) is 6.07 Å². The number of rotatable bonds is 5. The molecule has 2 heterocycles. The molecule has 2 aromatic heterocycles. The third kappa shape index (κ3) is 3.43. The molecule has 108 valence electrons. The van der Waals surface area contributed by atoms with Crippen LogP contribution in [0.25, 0.3) is 12.2 Å². The van der Waals surface area contributed by atoms with Crippen molar-refractivity contribution in [2.75, 3.05) is 5.32 Å². The van der Waals surface area contributed by atoms with E-state index in [1.807, 2.05) is 60.0 Å². The lowest BCUT2D eigenvalue weighted by Gasteiger charge is -2.02. The minimum absolute atomic E-state index is 0.266. The van der Waals surface area contributed by atoms with Gasteiger partial charge < -0.3 is 9.73 Å². The van der Waals surface area contributed by atoms with Gasteiger partial charge in [0.05, 0.1) is 0 Å². The van der Waals surface area contributed by atoms with E-state index in [2.05, 4.69) is 10.3 Å². The standard InChI is InChI=1S/C17H13N3OS/c18-11-15-17(19-12-13-5-2-1-3-6-13)21-16(20-15)9-8-14-7-4-10-22-14/h1-10,19H,12H2. The number of nitrogens with zero attached hydrogens (tertiary/aromatic N) is 2. The Morgan fingerprint density at radius 1 is 1.18 bits per heavy atom. The van der Waals surface area contributed by atoms with E-state index in [0.29, 0.717) is 18.3 Å². The van der Waals surface area contributed by atoms with Gasteiger partial charge in [-0.3, -0.25) is 0 Å². The monoisotopic (exact) mass is 307 g/mol. The van der Waals surface area contributed by atoms with Gasteiger partial charge in [-0.05, 0) is 23.1 Å². The highest BCUT2D eigenvalue weighted by molar-refractivity contribution is 7.10. The Bertz CT molecular complexity index is 798. The molecule has 0 fully saturated rings. The molecule has 0 bridgehead atoms. The fourth-order valence-corrected chi connectivity index (χ4v) is 2.54. The second-order valence-electron chi connectivity index (χ2n) is 4.53. The fourth-order valence-electron chi connectivity index (χ4n) is 1.92. The van der Waals surface area contributed by atoms with Crippen molar-refractivity contribution in [1.82, 2.24) is 4.98 Å². The zero-order valence-corrected chi connectivity index (χ0v) is 12.5. The van der Waals surface area contributed by atoms with Crippen molar-refractivity contribution in [1.29, 1.82) is 5.26 Å². The average Bonchev–Trinajstić information content (AvgIpc) is 3.21. The van der Waals surface area contributed by atoms with Crippen molar-refractivity contribution in [2.24, 2.45) is 0 Å². The molecule has 1 aromatic carbocycles. The first kappa shape index (κ1) is 14.1. The van der Waals surface area contributed by atoms with Crippen LogP contribution in [0, 0.1) is 11.3 Å². The quantitative estimate of drug-likeness (QED) is 0.759. The van der Waals surface area contributed by atoms with E-state index in [9.17, 15) is 0 Å². The lowest BCUT2D eigenvalue weighted by atomic mass is 10.2. The van der Waals surface area contributed by atoms with Crippen LogP contribution in [0.15, 0.2) is 52.3 Å². The van der Waals surface area contributed by atoms with Gasteiger partial charge in [0.25, 0.3) is 0 Å². The molecule has 0 amide bonds. The molecule has 22 heavy (non-hydrogen) atoms. The maximum atomic E-state index is 9.15. The summed E-state index contributed by atoms with van der Waals surface area (Å²) in [4.78, 5) is 5.27. The van der Waals surface area contributed by atoms with Crippen LogP contribution in [0.4, 0.5) is 5.88 Å². The van der Waals surface area contributed by atoms with Crippen molar-refractivity contribution in [2.45, 2.75) is 6.54 Å². The molecule has 1 N–H and O–H groups in total. The molecule has 0 spiro atoms. The number of anilines is 1. The van der Waals surface area contributed by atoms with Gasteiger partial charge in [0.2, 0.25) is 17.5 Å². The van der Waals surface area contributed by atoms with Crippen LogP contribution in [0.1, 0.15) is 22.0 Å². The minimum Gasteiger partial charge on any atom is -0.420 e. The summed E-state index contributed by atoms with van der Waals surface area (Å²) >= 11 is 1.63. The maximum absolute atomic E-state index is 9.15. The number of nitriles is 1. The molecular weight excluding hydrogens is 294 g/mol. The zero-order chi connectivity index (χ0) is 15.2. The predicted octanol–water partition coefficient (Wildman–Crippen LogP) is 4.39. The van der Waals surface area contributed by atoms with E-state index in [-0.39, 0.29) is 5.69 Å². The Kier molecular flexibility index (Phi) is 4.33. The first-order valence-corrected chi connectivity index (χ1v) is 7.63. The Morgan fingerprint density at radius 3 is 2.77 bits per heavy atom. The van der Waals surface area contributed by atoms with E-state index < -0.39 is 0 Å². The summed E-state index contributed by atoms with van der Waals surface area (Å²) in [7, 11) is 0. The number of hydrogen-bond donors (Lipinski definition) is 1. The number of nitrogens with one attached hydrogen (secondary N) is 1. The van der Waals surface area contributed by atoms with Crippen molar-refractivity contribution < 1.29 is 4.42 Å². The molecule has 0 radical (unpaired) electrons. The van der Waals surface area contributed by atoms with Crippen LogP contribution < -0.4 is 5.32 Å². The highest BCUT2D eigenvalue weighted by Gasteiger charge is 2.10. The van der Waals surface area contributed by atoms with Crippen LogP contribution in [0.3, 0.4) is 0 Å². The topological polar surface area (TPSA) is 61.9 Å². The van der Waals surface area contributed by atoms with E-state index in [4.69, 9.17) is 9.68 Å². The summed E-state index contributed by atoms with van der Waals surface area (Å²) in [6.07, 6.45) is 3.68. The summed E-state index contributed by atoms with van der Waals surface area (Å²) in [5.74, 6) is 0.817. The fraction of sp³-hybridized carbons (Fsp3) is 0.0588. The average molecular weight is 307 g/mol. The molecule has 0 aliphatic carbocycles. The summed E-state index contributed by atoms with van der Waals surface area (Å²) in [6.45, 7) is 0.582. The van der Waals surface area contributed by atoms with E-state index in [1.54, 1.807) is 17.4 Å². The molecule has 0 aliphatic heterocycles. The zero-order valence-electron chi connectivity index (χ0n) is 11.7. The van der Waals surface area contributed by atoms with Crippen molar-refractivity contribution in [3.63, 3.8) is 0 Å². The van der Waals surface area contributed by atoms with Gasteiger partial charge in [-0.25, -0.2) is 0 Å². The number of benzene rings is 1. The van der Waals surface area contributed by atoms with Gasteiger partial charge in [-0.15, -0.1) is 11.3 Å². The van der Waals surface area contributed by atoms with Gasteiger partial charge in [0, 0.05) is 17.5 Å². The minimum atomic E-state index is 0.266. The lowest BCUT2D eigenvalue weighted by Crippen LogP contribution is -1.99. The molecule has 0 saturated carbocycles. The molecule has 4 nitrogen and oxygen atoms in total. The molecule has 3 aromatic rings. The van der Waals surface area contributed by atoms with Crippen LogP contribution in [-0.2, 0) is 6.54 Å². The first-order valence-electron chi connectivity index (χ1n) is 6.75. The van der Waals surface area contributed by atoms with Gasteiger partial charge in [0.15, 0.2) is 0 Å². The van der Waals surface area contributed by atoms with Gasteiger partial charge in [0.1, 0.15) is 6.07 Å². The first-order chi connectivity index (χ1) is 10.8. The number of hydrogen-bond acceptors (Lipinski definition) is 5. The maximum Gasteiger partial charge on any atom is 0.232 e. The molecular formula is C17H13N3OS. The largest absolute Gasteiger partial charge is 0.420 e. The summed E-state index contributed by atoms with van der Waals surface area (Å²) in [5.41, 5.74) is 1.38. The Labute approximate surface area is 132 Å². The summed E-state index contributed by atoms with van der Waals surface area (Å²) in [6, 6.07) is 15.9. The van der Waals surface area contributed by atoms with E-state index >= 15 is 0 Å². The van der Waals surface area contributed by atoms with E-state index in [0.717, 1.165) is 10.4 Å². The lowest BCUT2D eigenvalue weighted by molar-refractivity contribution is 0.557.